The Kier molecular flexibility index (Phi) is 6.20. The number of amides is 1. The van der Waals surface area contributed by atoms with E-state index in [0.717, 1.165) is 10.4 Å². The van der Waals surface area contributed by atoms with Gasteiger partial charge in [-0.05, 0) is 31.5 Å². The van der Waals surface area contributed by atoms with E-state index in [4.69, 9.17) is 4.74 Å². The van der Waals surface area contributed by atoms with Gasteiger partial charge in [0.15, 0.2) is 9.84 Å². The molecule has 0 unspecified atom stereocenters. The molecule has 0 bridgehead atoms. The molecule has 0 spiro atoms. The molecule has 2 heterocycles. The van der Waals surface area contributed by atoms with Gasteiger partial charge in [-0.25, -0.2) is 29.6 Å². The lowest BCUT2D eigenvalue weighted by Gasteiger charge is -2.27. The summed E-state index contributed by atoms with van der Waals surface area (Å²) in [6.07, 6.45) is -0.00327. The molecule has 10 nitrogen and oxygen atoms in total. The summed E-state index contributed by atoms with van der Waals surface area (Å²) < 4.78 is 82.3. The first-order valence-electron chi connectivity index (χ1n) is 9.48. The molecule has 1 aromatic rings. The van der Waals surface area contributed by atoms with Gasteiger partial charge in [-0.3, -0.25) is 4.79 Å². The minimum absolute atomic E-state index is 0.00426. The second-order valence-electron chi connectivity index (χ2n) is 7.05. The Bertz CT molecular complexity index is 1160. The fraction of sp³-hybridized carbons (Fsp3) is 0.588. The van der Waals surface area contributed by atoms with Crippen molar-refractivity contribution < 1.29 is 34.8 Å². The molecule has 13 heteroatoms. The van der Waals surface area contributed by atoms with Gasteiger partial charge in [0.05, 0.1) is 29.6 Å². The zero-order valence-electron chi connectivity index (χ0n) is 16.6. The van der Waals surface area contributed by atoms with Gasteiger partial charge in [0.2, 0.25) is 26.0 Å². The number of hydrogen-bond donors (Lipinski definition) is 0. The lowest BCUT2D eigenvalue weighted by Crippen LogP contribution is -2.41. The van der Waals surface area contributed by atoms with Crippen molar-refractivity contribution in [2.24, 2.45) is 0 Å². The smallest absolute Gasteiger partial charge is 0.247 e. The van der Waals surface area contributed by atoms with Crippen LogP contribution in [-0.2, 0) is 34.7 Å². The summed E-state index contributed by atoms with van der Waals surface area (Å²) in [7, 11) is -11.4. The summed E-state index contributed by atoms with van der Waals surface area (Å²) in [5.74, 6) is -1.35. The number of nitrogens with zero attached hydrogens (tertiary/aromatic N) is 2. The molecule has 2 saturated heterocycles. The predicted octanol–water partition coefficient (Wildman–Crippen LogP) is 0.350. The van der Waals surface area contributed by atoms with E-state index in [0.29, 0.717) is 4.31 Å². The minimum Gasteiger partial charge on any atom is -0.492 e. The SMILES string of the molecule is CCOc1ccc(N2C(=O)CCS2(=O)=O)cc1S(=O)(=O)N(CC)[C@H]1CCS(=O)(=O)C1. The van der Waals surface area contributed by atoms with Crippen molar-refractivity contribution in [3.05, 3.63) is 18.2 Å². The molecule has 2 aliphatic heterocycles. The van der Waals surface area contributed by atoms with Crippen molar-refractivity contribution in [3.8, 4) is 5.75 Å². The van der Waals surface area contributed by atoms with Crippen LogP contribution in [0.1, 0.15) is 26.7 Å². The summed E-state index contributed by atoms with van der Waals surface area (Å²) in [6, 6.07) is 3.01. The van der Waals surface area contributed by atoms with Crippen molar-refractivity contribution in [1.82, 2.24) is 4.31 Å². The molecule has 1 amide bonds. The molecule has 2 aliphatic rings. The minimum atomic E-state index is -4.23. The molecule has 1 atom stereocenters. The molecule has 168 valence electrons. The van der Waals surface area contributed by atoms with Crippen LogP contribution in [0.2, 0.25) is 0 Å². The van der Waals surface area contributed by atoms with Crippen LogP contribution in [0.15, 0.2) is 23.1 Å². The van der Waals surface area contributed by atoms with E-state index >= 15 is 0 Å². The first-order valence-corrected chi connectivity index (χ1v) is 14.3. The maximum absolute atomic E-state index is 13.5. The second-order valence-corrected chi connectivity index (χ2v) is 13.1. The number of hydrogen-bond acceptors (Lipinski definition) is 8. The largest absolute Gasteiger partial charge is 0.492 e. The number of rotatable bonds is 7. The third-order valence-corrected chi connectivity index (χ3v) is 10.5. The Morgan fingerprint density at radius 1 is 1.17 bits per heavy atom. The third kappa shape index (κ3) is 4.20. The fourth-order valence-corrected chi connectivity index (χ4v) is 8.81. The monoisotopic (exact) mass is 480 g/mol. The average molecular weight is 481 g/mol. The lowest BCUT2D eigenvalue weighted by molar-refractivity contribution is -0.116. The number of sulfonamides is 2. The summed E-state index contributed by atoms with van der Waals surface area (Å²) in [5.41, 5.74) is -0.0883. The maximum Gasteiger partial charge on any atom is 0.247 e. The van der Waals surface area contributed by atoms with E-state index in [1.54, 1.807) is 13.8 Å². The predicted molar refractivity (Wildman–Crippen MR) is 110 cm³/mol. The number of anilines is 1. The third-order valence-electron chi connectivity index (χ3n) is 5.05. The van der Waals surface area contributed by atoms with E-state index in [1.165, 1.54) is 12.1 Å². The molecule has 1 aromatic carbocycles. The molecule has 2 fully saturated rings. The average Bonchev–Trinajstić information content (AvgIpc) is 3.14. The number of carbonyl (C=O) groups excluding carboxylic acids is 1. The second kappa shape index (κ2) is 8.09. The van der Waals surface area contributed by atoms with Gasteiger partial charge in [-0.1, -0.05) is 6.92 Å². The van der Waals surface area contributed by atoms with Gasteiger partial charge in [-0.2, -0.15) is 4.31 Å². The van der Waals surface area contributed by atoms with E-state index < -0.39 is 41.8 Å². The van der Waals surface area contributed by atoms with Crippen LogP contribution in [0.5, 0.6) is 5.75 Å². The van der Waals surface area contributed by atoms with Gasteiger partial charge in [0, 0.05) is 19.0 Å². The van der Waals surface area contributed by atoms with E-state index in [-0.39, 0.29) is 59.6 Å². The zero-order chi connectivity index (χ0) is 22.3. The van der Waals surface area contributed by atoms with Gasteiger partial charge < -0.3 is 4.74 Å². The highest BCUT2D eigenvalue weighted by Crippen LogP contribution is 2.35. The summed E-state index contributed by atoms with van der Waals surface area (Å²) in [6.45, 7) is 3.45. The Hall–Kier alpha value is -1.70. The summed E-state index contributed by atoms with van der Waals surface area (Å²) in [5, 5.41) is 0. The number of ether oxygens (including phenoxy) is 1. The van der Waals surface area contributed by atoms with Crippen LogP contribution in [0, 0.1) is 0 Å². The molecular weight excluding hydrogens is 456 g/mol. The fourth-order valence-electron chi connectivity index (χ4n) is 3.72. The maximum atomic E-state index is 13.5. The van der Waals surface area contributed by atoms with Gasteiger partial charge in [-0.15, -0.1) is 0 Å². The Balaban J connectivity index is 2.11. The molecular formula is C17H24N2O8S3. The molecule has 3 rings (SSSR count). The van der Waals surface area contributed by atoms with Crippen LogP contribution in [0.4, 0.5) is 5.69 Å². The van der Waals surface area contributed by atoms with E-state index in [9.17, 15) is 30.0 Å². The lowest BCUT2D eigenvalue weighted by atomic mass is 10.3. The summed E-state index contributed by atoms with van der Waals surface area (Å²) in [4.78, 5) is 11.8. The van der Waals surface area contributed by atoms with Crippen molar-refractivity contribution in [2.45, 2.75) is 37.6 Å². The Morgan fingerprint density at radius 2 is 1.87 bits per heavy atom. The Morgan fingerprint density at radius 3 is 2.37 bits per heavy atom. The van der Waals surface area contributed by atoms with Crippen LogP contribution >= 0.6 is 0 Å². The molecule has 0 aromatic heterocycles. The number of carbonyl (C=O) groups is 1. The highest BCUT2D eigenvalue weighted by Gasteiger charge is 2.41. The summed E-state index contributed by atoms with van der Waals surface area (Å²) >= 11 is 0. The van der Waals surface area contributed by atoms with E-state index in [2.05, 4.69) is 0 Å². The topological polar surface area (TPSA) is 135 Å². The molecule has 0 aliphatic carbocycles. The molecule has 0 radical (unpaired) electrons. The first-order chi connectivity index (χ1) is 13.9. The van der Waals surface area contributed by atoms with Crippen molar-refractivity contribution >= 4 is 41.5 Å². The van der Waals surface area contributed by atoms with Crippen molar-refractivity contribution in [1.29, 1.82) is 0 Å². The quantitative estimate of drug-likeness (QED) is 0.545. The van der Waals surface area contributed by atoms with Crippen molar-refractivity contribution in [2.75, 3.05) is 34.7 Å². The molecule has 0 saturated carbocycles. The number of benzene rings is 1. The van der Waals surface area contributed by atoms with E-state index in [1.807, 2.05) is 0 Å². The number of sulfone groups is 1. The van der Waals surface area contributed by atoms with Crippen LogP contribution < -0.4 is 9.04 Å². The molecule has 30 heavy (non-hydrogen) atoms. The van der Waals surface area contributed by atoms with Crippen LogP contribution in [-0.4, -0.2) is 71.9 Å². The van der Waals surface area contributed by atoms with Gasteiger partial charge in [0.25, 0.3) is 0 Å². The normalized spacial score (nSPS) is 23.2. The van der Waals surface area contributed by atoms with Gasteiger partial charge in [0.1, 0.15) is 10.6 Å². The molecule has 0 N–H and O–H groups in total. The zero-order valence-corrected chi connectivity index (χ0v) is 19.1. The Labute approximate surface area is 176 Å². The van der Waals surface area contributed by atoms with Crippen LogP contribution in [0.25, 0.3) is 0 Å². The first kappa shape index (κ1) is 23.0. The highest BCUT2D eigenvalue weighted by molar-refractivity contribution is 7.94. The van der Waals surface area contributed by atoms with Crippen LogP contribution in [0.3, 0.4) is 0 Å². The van der Waals surface area contributed by atoms with Gasteiger partial charge >= 0.3 is 0 Å². The highest BCUT2D eigenvalue weighted by atomic mass is 32.2. The van der Waals surface area contributed by atoms with Crippen molar-refractivity contribution in [3.63, 3.8) is 0 Å². The standard InChI is InChI=1S/C17H24N2O8S3/c1-3-18(14-7-9-28(21,22)12-14)30(25,26)16-11-13(5-6-15(16)27-4-2)19-17(20)8-10-29(19,23)24/h5-6,11,14H,3-4,7-10,12H2,1-2H3/t14-/m0/s1.